The molecule has 0 saturated carbocycles. The Morgan fingerprint density at radius 1 is 1.15 bits per heavy atom. The van der Waals surface area contributed by atoms with Gasteiger partial charge in [-0.3, -0.25) is 4.98 Å². The zero-order valence-corrected chi connectivity index (χ0v) is 12.6. The van der Waals surface area contributed by atoms with Crippen LogP contribution >= 0.6 is 27.5 Å². The van der Waals surface area contributed by atoms with Gasteiger partial charge in [-0.15, -0.1) is 0 Å². The van der Waals surface area contributed by atoms with Gasteiger partial charge in [0, 0.05) is 26.8 Å². The Kier molecular flexibility index (Phi) is 3.51. The average molecular weight is 350 g/mol. The van der Waals surface area contributed by atoms with E-state index in [1.165, 1.54) is 0 Å². The standard InChI is InChI=1S/C15H10BrClN2O/c16-9-6-12-13(18)4-5-14(15(12)19-8-9)20-11-3-1-2-10(17)7-11/h1-8H,18H2. The Balaban J connectivity index is 2.10. The minimum absolute atomic E-state index is 0.623. The van der Waals surface area contributed by atoms with E-state index in [1.54, 1.807) is 30.5 Å². The van der Waals surface area contributed by atoms with Gasteiger partial charge in [0.1, 0.15) is 11.3 Å². The molecule has 0 fully saturated rings. The predicted octanol–water partition coefficient (Wildman–Crippen LogP) is 5.03. The molecule has 0 saturated heterocycles. The summed E-state index contributed by atoms with van der Waals surface area (Å²) in [5, 5.41) is 1.47. The second-order valence-electron chi connectivity index (χ2n) is 4.26. The molecule has 0 aliphatic rings. The summed E-state index contributed by atoms with van der Waals surface area (Å²) in [6, 6.07) is 12.7. The van der Waals surface area contributed by atoms with Crippen molar-refractivity contribution in [3.8, 4) is 11.5 Å². The number of hydrogen-bond acceptors (Lipinski definition) is 3. The summed E-state index contributed by atoms with van der Waals surface area (Å²) in [5.41, 5.74) is 7.35. The Hall–Kier alpha value is -1.78. The molecule has 1 heterocycles. The molecule has 0 aliphatic carbocycles. The fourth-order valence-electron chi connectivity index (χ4n) is 1.93. The van der Waals surface area contributed by atoms with E-state index in [2.05, 4.69) is 20.9 Å². The molecule has 3 rings (SSSR count). The summed E-state index contributed by atoms with van der Waals surface area (Å²) in [5.74, 6) is 1.30. The lowest BCUT2D eigenvalue weighted by atomic mass is 10.1. The topological polar surface area (TPSA) is 48.1 Å². The molecule has 0 atom stereocenters. The molecule has 20 heavy (non-hydrogen) atoms. The molecular formula is C15H10BrClN2O. The van der Waals surface area contributed by atoms with Gasteiger partial charge >= 0.3 is 0 Å². The van der Waals surface area contributed by atoms with Crippen LogP contribution in [0, 0.1) is 0 Å². The maximum absolute atomic E-state index is 5.97. The summed E-state index contributed by atoms with van der Waals surface area (Å²) in [7, 11) is 0. The van der Waals surface area contributed by atoms with Crippen LogP contribution in [0.3, 0.4) is 0 Å². The highest BCUT2D eigenvalue weighted by molar-refractivity contribution is 9.10. The highest BCUT2D eigenvalue weighted by Crippen LogP contribution is 2.33. The zero-order valence-electron chi connectivity index (χ0n) is 10.3. The van der Waals surface area contributed by atoms with E-state index in [9.17, 15) is 0 Å². The fourth-order valence-corrected chi connectivity index (χ4v) is 2.44. The molecule has 2 N–H and O–H groups in total. The number of rotatable bonds is 2. The third-order valence-electron chi connectivity index (χ3n) is 2.84. The number of ether oxygens (including phenoxy) is 1. The van der Waals surface area contributed by atoms with E-state index in [0.29, 0.717) is 27.7 Å². The van der Waals surface area contributed by atoms with Crippen LogP contribution in [-0.2, 0) is 0 Å². The van der Waals surface area contributed by atoms with E-state index in [4.69, 9.17) is 22.1 Å². The van der Waals surface area contributed by atoms with Gasteiger partial charge in [0.2, 0.25) is 0 Å². The van der Waals surface area contributed by atoms with Gasteiger partial charge in [-0.05, 0) is 52.3 Å². The van der Waals surface area contributed by atoms with Crippen LogP contribution in [0.2, 0.25) is 5.02 Å². The number of fused-ring (bicyclic) bond motifs is 1. The van der Waals surface area contributed by atoms with Gasteiger partial charge in [0.05, 0.1) is 0 Å². The molecule has 0 amide bonds. The molecular weight excluding hydrogens is 340 g/mol. The number of nitrogen functional groups attached to an aromatic ring is 1. The first-order valence-corrected chi connectivity index (χ1v) is 7.08. The number of anilines is 1. The van der Waals surface area contributed by atoms with Gasteiger partial charge in [0.25, 0.3) is 0 Å². The number of nitrogens with two attached hydrogens (primary N) is 1. The number of pyridine rings is 1. The highest BCUT2D eigenvalue weighted by Gasteiger charge is 2.08. The SMILES string of the molecule is Nc1ccc(Oc2cccc(Cl)c2)c2ncc(Br)cc12. The molecule has 3 aromatic rings. The van der Waals surface area contributed by atoms with Crippen molar-refractivity contribution in [2.24, 2.45) is 0 Å². The van der Waals surface area contributed by atoms with Crippen molar-refractivity contribution in [3.63, 3.8) is 0 Å². The van der Waals surface area contributed by atoms with Crippen molar-refractivity contribution in [1.29, 1.82) is 0 Å². The summed E-state index contributed by atoms with van der Waals surface area (Å²) in [6.45, 7) is 0. The smallest absolute Gasteiger partial charge is 0.153 e. The number of benzene rings is 2. The van der Waals surface area contributed by atoms with Crippen LogP contribution in [0.25, 0.3) is 10.9 Å². The average Bonchev–Trinajstić information content (AvgIpc) is 2.42. The van der Waals surface area contributed by atoms with Crippen molar-refractivity contribution in [2.45, 2.75) is 0 Å². The number of hydrogen-bond donors (Lipinski definition) is 1. The zero-order chi connectivity index (χ0) is 14.1. The van der Waals surface area contributed by atoms with Crippen LogP contribution in [-0.4, -0.2) is 4.98 Å². The molecule has 3 nitrogen and oxygen atoms in total. The molecule has 5 heteroatoms. The lowest BCUT2D eigenvalue weighted by Gasteiger charge is -2.10. The minimum Gasteiger partial charge on any atom is -0.455 e. The van der Waals surface area contributed by atoms with Crippen molar-refractivity contribution in [3.05, 3.63) is 58.2 Å². The molecule has 0 aliphatic heterocycles. The van der Waals surface area contributed by atoms with E-state index < -0.39 is 0 Å². The number of nitrogens with zero attached hydrogens (tertiary/aromatic N) is 1. The predicted molar refractivity (Wildman–Crippen MR) is 85.4 cm³/mol. The van der Waals surface area contributed by atoms with Crippen LogP contribution < -0.4 is 10.5 Å². The minimum atomic E-state index is 0.623. The monoisotopic (exact) mass is 348 g/mol. The van der Waals surface area contributed by atoms with Gasteiger partial charge in [-0.1, -0.05) is 17.7 Å². The Morgan fingerprint density at radius 3 is 2.80 bits per heavy atom. The number of aromatic nitrogens is 1. The fraction of sp³-hybridized carbons (Fsp3) is 0. The Morgan fingerprint density at radius 2 is 2.00 bits per heavy atom. The third kappa shape index (κ3) is 2.57. The first-order chi connectivity index (χ1) is 9.63. The quantitative estimate of drug-likeness (QED) is 0.660. The van der Waals surface area contributed by atoms with Gasteiger partial charge in [-0.25, -0.2) is 0 Å². The van der Waals surface area contributed by atoms with Crippen LogP contribution in [0.1, 0.15) is 0 Å². The highest BCUT2D eigenvalue weighted by atomic mass is 79.9. The van der Waals surface area contributed by atoms with E-state index in [-0.39, 0.29) is 0 Å². The third-order valence-corrected chi connectivity index (χ3v) is 3.51. The Labute approximate surface area is 129 Å². The van der Waals surface area contributed by atoms with Crippen molar-refractivity contribution in [2.75, 3.05) is 5.73 Å². The maximum Gasteiger partial charge on any atom is 0.153 e. The largest absolute Gasteiger partial charge is 0.455 e. The summed E-state index contributed by atoms with van der Waals surface area (Å²) in [6.07, 6.45) is 1.71. The van der Waals surface area contributed by atoms with Crippen LogP contribution in [0.5, 0.6) is 11.5 Å². The van der Waals surface area contributed by atoms with E-state index in [1.807, 2.05) is 18.2 Å². The second kappa shape index (κ2) is 5.31. The van der Waals surface area contributed by atoms with Crippen molar-refractivity contribution >= 4 is 44.1 Å². The lowest BCUT2D eigenvalue weighted by molar-refractivity contribution is 0.487. The normalized spacial score (nSPS) is 10.7. The molecule has 0 spiro atoms. The molecule has 100 valence electrons. The van der Waals surface area contributed by atoms with Crippen molar-refractivity contribution in [1.82, 2.24) is 4.98 Å². The first-order valence-electron chi connectivity index (χ1n) is 5.90. The first kappa shape index (κ1) is 13.2. The molecule has 1 aromatic heterocycles. The molecule has 0 unspecified atom stereocenters. The van der Waals surface area contributed by atoms with Crippen molar-refractivity contribution < 1.29 is 4.74 Å². The summed E-state index contributed by atoms with van der Waals surface area (Å²) in [4.78, 5) is 4.38. The van der Waals surface area contributed by atoms with E-state index >= 15 is 0 Å². The van der Waals surface area contributed by atoms with Gasteiger partial charge in [-0.2, -0.15) is 0 Å². The van der Waals surface area contributed by atoms with Gasteiger partial charge in [0.15, 0.2) is 5.75 Å². The lowest BCUT2D eigenvalue weighted by Crippen LogP contribution is -1.92. The molecule has 0 radical (unpaired) electrons. The van der Waals surface area contributed by atoms with E-state index in [0.717, 1.165) is 9.86 Å². The second-order valence-corrected chi connectivity index (χ2v) is 5.61. The maximum atomic E-state index is 5.97. The van der Waals surface area contributed by atoms with Crippen LogP contribution in [0.4, 0.5) is 5.69 Å². The molecule has 0 bridgehead atoms. The van der Waals surface area contributed by atoms with Gasteiger partial charge < -0.3 is 10.5 Å². The summed E-state index contributed by atoms with van der Waals surface area (Å²) < 4.78 is 6.72. The Bertz CT molecular complexity index is 792. The molecule has 2 aromatic carbocycles. The van der Waals surface area contributed by atoms with Crippen LogP contribution in [0.15, 0.2) is 53.1 Å². The number of halogens is 2. The summed E-state index contributed by atoms with van der Waals surface area (Å²) >= 11 is 9.34.